The fourth-order valence-electron chi connectivity index (χ4n) is 3.98. The summed E-state index contributed by atoms with van der Waals surface area (Å²) in [5, 5.41) is 0. The highest BCUT2D eigenvalue weighted by molar-refractivity contribution is 6.05. The molecule has 1 aromatic carbocycles. The average molecular weight is 384 g/mol. The smallest absolute Gasteiger partial charge is 0.330 e. The number of hydrogen-bond acceptors (Lipinski definition) is 5. The van der Waals surface area contributed by atoms with Gasteiger partial charge in [0.05, 0.1) is 19.8 Å². The number of hydrogen-bond donors (Lipinski definition) is 0. The Kier molecular flexibility index (Phi) is 6.68. The predicted octanol–water partition coefficient (Wildman–Crippen LogP) is 4.30. The lowest BCUT2D eigenvalue weighted by molar-refractivity contribution is -0.174. The lowest BCUT2D eigenvalue weighted by atomic mass is 9.73. The summed E-state index contributed by atoms with van der Waals surface area (Å²) >= 11 is 0. The molecule has 5 nitrogen and oxygen atoms in total. The van der Waals surface area contributed by atoms with Crippen LogP contribution in [0.4, 0.5) is 0 Å². The molecule has 1 heterocycles. The van der Waals surface area contributed by atoms with Crippen LogP contribution >= 0.6 is 0 Å². The summed E-state index contributed by atoms with van der Waals surface area (Å²) in [4.78, 5) is 26.5. The van der Waals surface area contributed by atoms with Crippen LogP contribution in [0.15, 0.2) is 53.6 Å². The number of esters is 2. The van der Waals surface area contributed by atoms with Gasteiger partial charge in [-0.05, 0) is 50.7 Å². The van der Waals surface area contributed by atoms with E-state index in [1.807, 2.05) is 36.4 Å². The molecule has 1 fully saturated rings. The van der Waals surface area contributed by atoms with Crippen molar-refractivity contribution in [2.24, 2.45) is 5.41 Å². The maximum Gasteiger partial charge on any atom is 0.330 e. The molecule has 0 amide bonds. The summed E-state index contributed by atoms with van der Waals surface area (Å²) in [6, 6.07) is 9.34. The fourth-order valence-corrected chi connectivity index (χ4v) is 3.98. The molecule has 0 spiro atoms. The maximum atomic E-state index is 13.3. The monoisotopic (exact) mass is 384 g/mol. The molecule has 0 aromatic heterocycles. The van der Waals surface area contributed by atoms with E-state index in [1.165, 1.54) is 0 Å². The van der Waals surface area contributed by atoms with Crippen molar-refractivity contribution < 1.29 is 23.8 Å². The van der Waals surface area contributed by atoms with Gasteiger partial charge in [-0.25, -0.2) is 0 Å². The third-order valence-electron chi connectivity index (χ3n) is 5.29. The third kappa shape index (κ3) is 3.76. The highest BCUT2D eigenvalue weighted by Gasteiger charge is 2.62. The average Bonchev–Trinajstić information content (AvgIpc) is 3.10. The minimum absolute atomic E-state index is 0.178. The molecule has 1 aliphatic carbocycles. The molecule has 150 valence electrons. The van der Waals surface area contributed by atoms with Gasteiger partial charge in [0, 0.05) is 0 Å². The molecule has 0 radical (unpaired) electrons. The summed E-state index contributed by atoms with van der Waals surface area (Å²) in [6.45, 7) is 4.01. The quantitative estimate of drug-likeness (QED) is 0.541. The van der Waals surface area contributed by atoms with E-state index in [1.54, 1.807) is 13.8 Å². The van der Waals surface area contributed by atoms with Gasteiger partial charge in [-0.15, -0.1) is 0 Å². The molecule has 2 aliphatic rings. The normalized spacial score (nSPS) is 22.6. The van der Waals surface area contributed by atoms with E-state index in [0.29, 0.717) is 5.57 Å². The number of carbonyl (C=O) groups excluding carboxylic acids is 2. The van der Waals surface area contributed by atoms with Gasteiger partial charge in [-0.1, -0.05) is 48.1 Å². The lowest BCUT2D eigenvalue weighted by Gasteiger charge is -2.31. The van der Waals surface area contributed by atoms with Crippen LogP contribution in [0.5, 0.6) is 0 Å². The Balaban J connectivity index is 2.15. The number of rotatable bonds is 6. The molecule has 1 atom stereocenters. The second-order valence-electron chi connectivity index (χ2n) is 7.05. The first kappa shape index (κ1) is 20.3. The molecular weight excluding hydrogens is 356 g/mol. The molecule has 1 aliphatic heterocycles. The van der Waals surface area contributed by atoms with Crippen molar-refractivity contribution in [3.63, 3.8) is 0 Å². The molecule has 0 N–H and O–H groups in total. The number of ether oxygens (including phenoxy) is 3. The van der Waals surface area contributed by atoms with E-state index >= 15 is 0 Å². The van der Waals surface area contributed by atoms with E-state index in [4.69, 9.17) is 14.2 Å². The van der Waals surface area contributed by atoms with Crippen molar-refractivity contribution >= 4 is 11.9 Å². The molecule has 3 rings (SSSR count). The Morgan fingerprint density at radius 2 is 1.79 bits per heavy atom. The zero-order valence-corrected chi connectivity index (χ0v) is 16.6. The predicted molar refractivity (Wildman–Crippen MR) is 105 cm³/mol. The van der Waals surface area contributed by atoms with Crippen LogP contribution in [0, 0.1) is 5.41 Å². The van der Waals surface area contributed by atoms with Crippen molar-refractivity contribution in [3.05, 3.63) is 59.2 Å². The molecule has 1 aromatic rings. The van der Waals surface area contributed by atoms with Crippen molar-refractivity contribution in [1.29, 1.82) is 0 Å². The Morgan fingerprint density at radius 1 is 1.11 bits per heavy atom. The first-order valence-electron chi connectivity index (χ1n) is 10.1. The SMILES string of the molecule is CCOC(=O)C1(C(=O)OCC)/C(=C/C2=CCCCC2)COC1c1ccccc1. The zero-order chi connectivity index (χ0) is 20.0. The van der Waals surface area contributed by atoms with Gasteiger partial charge in [0.25, 0.3) is 0 Å². The summed E-state index contributed by atoms with van der Waals surface area (Å²) < 4.78 is 16.8. The van der Waals surface area contributed by atoms with Crippen LogP contribution in [-0.2, 0) is 23.8 Å². The van der Waals surface area contributed by atoms with Crippen molar-refractivity contribution in [3.8, 4) is 0 Å². The first-order valence-corrected chi connectivity index (χ1v) is 10.1. The summed E-state index contributed by atoms with van der Waals surface area (Å²) in [5.74, 6) is -1.22. The highest BCUT2D eigenvalue weighted by Crippen LogP contribution is 2.51. The van der Waals surface area contributed by atoms with Gasteiger partial charge in [-0.3, -0.25) is 9.59 Å². The van der Waals surface area contributed by atoms with Gasteiger partial charge >= 0.3 is 11.9 Å². The van der Waals surface area contributed by atoms with E-state index in [9.17, 15) is 9.59 Å². The molecule has 0 bridgehead atoms. The highest BCUT2D eigenvalue weighted by atomic mass is 16.6. The Bertz CT molecular complexity index is 744. The molecule has 1 saturated heterocycles. The molecule has 0 saturated carbocycles. The summed E-state index contributed by atoms with van der Waals surface area (Å²) in [6.07, 6.45) is 7.56. The van der Waals surface area contributed by atoms with Crippen LogP contribution in [0.3, 0.4) is 0 Å². The molecule has 5 heteroatoms. The van der Waals surface area contributed by atoms with Crippen LogP contribution in [0.1, 0.15) is 51.2 Å². The second kappa shape index (κ2) is 9.20. The third-order valence-corrected chi connectivity index (χ3v) is 5.29. The van der Waals surface area contributed by atoms with Crippen LogP contribution in [0.2, 0.25) is 0 Å². The van der Waals surface area contributed by atoms with Gasteiger partial charge in [0.15, 0.2) is 0 Å². The topological polar surface area (TPSA) is 61.8 Å². The van der Waals surface area contributed by atoms with Crippen LogP contribution in [-0.4, -0.2) is 31.8 Å². The van der Waals surface area contributed by atoms with Gasteiger partial charge in [0.1, 0.15) is 6.10 Å². The molecule has 28 heavy (non-hydrogen) atoms. The maximum absolute atomic E-state index is 13.3. The second-order valence-corrected chi connectivity index (χ2v) is 7.05. The summed E-state index contributed by atoms with van der Waals surface area (Å²) in [7, 11) is 0. The van der Waals surface area contributed by atoms with Gasteiger partial charge in [-0.2, -0.15) is 0 Å². The van der Waals surface area contributed by atoms with Gasteiger partial charge in [0.2, 0.25) is 5.41 Å². The van der Waals surface area contributed by atoms with E-state index < -0.39 is 23.5 Å². The van der Waals surface area contributed by atoms with Crippen LogP contribution in [0.25, 0.3) is 0 Å². The lowest BCUT2D eigenvalue weighted by Crippen LogP contribution is -2.45. The van der Waals surface area contributed by atoms with Crippen molar-refractivity contribution in [1.82, 2.24) is 0 Å². The standard InChI is InChI=1S/C23H28O5/c1-3-26-21(24)23(22(25)27-4-2)19(15-17-11-7-5-8-12-17)16-28-20(23)18-13-9-6-10-14-18/h6,9-11,13-15,20H,3-5,7-8,12,16H2,1-2H3/b19-15+. The van der Waals surface area contributed by atoms with Crippen LogP contribution < -0.4 is 0 Å². The fraction of sp³-hybridized carbons (Fsp3) is 0.478. The van der Waals surface area contributed by atoms with Crippen molar-refractivity contribution in [2.75, 3.05) is 19.8 Å². The Hall–Kier alpha value is -2.40. The Labute approximate surface area is 166 Å². The molecular formula is C23H28O5. The first-order chi connectivity index (χ1) is 13.6. The summed E-state index contributed by atoms with van der Waals surface area (Å²) in [5.41, 5.74) is 0.888. The largest absolute Gasteiger partial charge is 0.465 e. The van der Waals surface area contributed by atoms with E-state index in [2.05, 4.69) is 6.08 Å². The van der Waals surface area contributed by atoms with E-state index in [0.717, 1.165) is 36.8 Å². The van der Waals surface area contributed by atoms with Gasteiger partial charge < -0.3 is 14.2 Å². The zero-order valence-electron chi connectivity index (χ0n) is 16.6. The number of benzene rings is 1. The number of carbonyl (C=O) groups is 2. The minimum atomic E-state index is -1.62. The Morgan fingerprint density at radius 3 is 2.36 bits per heavy atom. The molecule has 1 unspecified atom stereocenters. The van der Waals surface area contributed by atoms with Crippen molar-refractivity contribution in [2.45, 2.75) is 45.6 Å². The number of allylic oxidation sites excluding steroid dienone is 3. The minimum Gasteiger partial charge on any atom is -0.465 e. The van der Waals surface area contributed by atoms with E-state index in [-0.39, 0.29) is 19.8 Å².